The van der Waals surface area contributed by atoms with Gasteiger partial charge in [-0.15, -0.1) is 0 Å². The third-order valence-electron chi connectivity index (χ3n) is 6.24. The second-order valence-electron chi connectivity index (χ2n) is 8.40. The maximum absolute atomic E-state index is 13.5. The maximum atomic E-state index is 13.5. The summed E-state index contributed by atoms with van der Waals surface area (Å²) in [6, 6.07) is 10.7. The van der Waals surface area contributed by atoms with E-state index in [1.54, 1.807) is 31.5 Å². The number of ketones is 1. The van der Waals surface area contributed by atoms with Crippen molar-refractivity contribution >= 4 is 55.7 Å². The number of ether oxygens (including phenoxy) is 3. The zero-order chi connectivity index (χ0) is 27.1. The minimum atomic E-state index is -1.05. The number of amides is 1. The van der Waals surface area contributed by atoms with Gasteiger partial charge in [0.1, 0.15) is 29.0 Å². The molecule has 1 atom stereocenters. The molecule has 1 saturated heterocycles. The highest BCUT2D eigenvalue weighted by molar-refractivity contribution is 7.22. The van der Waals surface area contributed by atoms with Crippen LogP contribution >= 0.6 is 22.9 Å². The van der Waals surface area contributed by atoms with Crippen LogP contribution in [0.25, 0.3) is 16.0 Å². The molecule has 1 aliphatic heterocycles. The lowest BCUT2D eigenvalue weighted by Crippen LogP contribution is -2.29. The molecule has 0 saturated carbocycles. The lowest BCUT2D eigenvalue weighted by atomic mass is 9.98. The molecule has 0 bridgehead atoms. The quantitative estimate of drug-likeness (QED) is 0.195. The number of aliphatic hydroxyl groups is 1. The lowest BCUT2D eigenvalue weighted by Gasteiger charge is -2.22. The topological polar surface area (TPSA) is 111 Å². The summed E-state index contributed by atoms with van der Waals surface area (Å²) >= 11 is 7.47. The molecule has 194 valence electrons. The molecule has 1 aliphatic rings. The highest BCUT2D eigenvalue weighted by Crippen LogP contribution is 2.46. The van der Waals surface area contributed by atoms with Crippen LogP contribution < -0.4 is 19.1 Å². The van der Waals surface area contributed by atoms with E-state index in [1.165, 1.54) is 42.6 Å². The van der Waals surface area contributed by atoms with Gasteiger partial charge in [0.25, 0.3) is 5.78 Å². The Morgan fingerprint density at radius 3 is 2.42 bits per heavy atom. The molecular weight excluding hydrogens is 530 g/mol. The number of aromatic nitrogens is 2. The smallest absolute Gasteiger partial charge is 0.301 e. The van der Waals surface area contributed by atoms with Gasteiger partial charge < -0.3 is 19.3 Å². The number of aryl methyl sites for hydroxylation is 1. The van der Waals surface area contributed by atoms with Gasteiger partial charge >= 0.3 is 5.91 Å². The van der Waals surface area contributed by atoms with Crippen LogP contribution in [-0.4, -0.2) is 48.1 Å². The Balaban J connectivity index is 1.75. The minimum Gasteiger partial charge on any atom is -0.507 e. The van der Waals surface area contributed by atoms with Crippen molar-refractivity contribution in [2.24, 2.45) is 0 Å². The van der Waals surface area contributed by atoms with Crippen LogP contribution in [0.15, 0.2) is 54.2 Å². The molecule has 2 aromatic carbocycles. The number of hydrogen-bond acceptors (Lipinski definition) is 9. The average Bonchev–Trinajstić information content (AvgIpc) is 3.45. The normalized spacial score (nSPS) is 16.8. The molecule has 38 heavy (non-hydrogen) atoms. The Hall–Kier alpha value is -4.15. The van der Waals surface area contributed by atoms with Gasteiger partial charge in [0.05, 0.1) is 53.4 Å². The first-order valence-electron chi connectivity index (χ1n) is 11.4. The number of hydrogen-bond donors (Lipinski definition) is 1. The van der Waals surface area contributed by atoms with E-state index in [0.717, 1.165) is 10.3 Å². The average molecular weight is 552 g/mol. The van der Waals surface area contributed by atoms with E-state index in [4.69, 9.17) is 25.8 Å². The third-order valence-corrected chi connectivity index (χ3v) is 7.55. The second kappa shape index (κ2) is 9.96. The second-order valence-corrected chi connectivity index (χ2v) is 9.81. The zero-order valence-electron chi connectivity index (χ0n) is 20.8. The monoisotopic (exact) mass is 551 g/mol. The van der Waals surface area contributed by atoms with E-state index in [-0.39, 0.29) is 32.8 Å². The first-order chi connectivity index (χ1) is 18.3. The van der Waals surface area contributed by atoms with Crippen LogP contribution in [0, 0.1) is 6.92 Å². The summed E-state index contributed by atoms with van der Waals surface area (Å²) in [6.45, 7) is 1.89. The Kier molecular flexibility index (Phi) is 6.68. The Morgan fingerprint density at radius 2 is 1.76 bits per heavy atom. The number of carbonyl (C=O) groups excluding carboxylic acids is 2. The number of nitrogens with zero attached hydrogens (tertiary/aromatic N) is 3. The summed E-state index contributed by atoms with van der Waals surface area (Å²) in [6.07, 6.45) is 1.55. The Labute approximate surface area is 226 Å². The van der Waals surface area contributed by atoms with Gasteiger partial charge in [-0.05, 0) is 42.8 Å². The van der Waals surface area contributed by atoms with Crippen molar-refractivity contribution in [3.05, 3.63) is 76.1 Å². The summed E-state index contributed by atoms with van der Waals surface area (Å²) in [7, 11) is 4.41. The molecule has 4 aromatic rings. The van der Waals surface area contributed by atoms with Crippen LogP contribution in [-0.2, 0) is 9.59 Å². The van der Waals surface area contributed by atoms with Gasteiger partial charge in [0.15, 0.2) is 5.13 Å². The fourth-order valence-electron chi connectivity index (χ4n) is 4.41. The van der Waals surface area contributed by atoms with E-state index < -0.39 is 23.5 Å². The summed E-state index contributed by atoms with van der Waals surface area (Å²) in [4.78, 5) is 37.3. The molecular formula is C27H22ClN3O6S. The van der Waals surface area contributed by atoms with Crippen LogP contribution in [0.2, 0.25) is 5.02 Å². The highest BCUT2D eigenvalue weighted by Gasteiger charge is 2.49. The van der Waals surface area contributed by atoms with Crippen LogP contribution in [0.4, 0.5) is 5.13 Å². The minimum absolute atomic E-state index is 0.136. The number of fused-ring (bicyclic) bond motifs is 1. The largest absolute Gasteiger partial charge is 0.507 e. The van der Waals surface area contributed by atoms with Gasteiger partial charge in [0.2, 0.25) is 0 Å². The molecule has 1 unspecified atom stereocenters. The number of carbonyl (C=O) groups is 2. The van der Waals surface area contributed by atoms with E-state index in [9.17, 15) is 14.7 Å². The van der Waals surface area contributed by atoms with Gasteiger partial charge in [0, 0.05) is 12.3 Å². The van der Waals surface area contributed by atoms with Crippen molar-refractivity contribution in [1.82, 2.24) is 9.97 Å². The predicted molar refractivity (Wildman–Crippen MR) is 144 cm³/mol. The van der Waals surface area contributed by atoms with E-state index in [1.807, 2.05) is 19.1 Å². The molecule has 0 aliphatic carbocycles. The van der Waals surface area contributed by atoms with Crippen molar-refractivity contribution in [2.45, 2.75) is 13.0 Å². The third kappa shape index (κ3) is 4.11. The van der Waals surface area contributed by atoms with E-state index in [0.29, 0.717) is 17.0 Å². The molecule has 11 heteroatoms. The van der Waals surface area contributed by atoms with Gasteiger partial charge in [-0.1, -0.05) is 29.0 Å². The molecule has 1 amide bonds. The number of aliphatic hydroxyl groups excluding tert-OH is 1. The Morgan fingerprint density at radius 1 is 1.03 bits per heavy atom. The number of benzene rings is 2. The molecule has 0 spiro atoms. The number of halogens is 1. The summed E-state index contributed by atoms with van der Waals surface area (Å²) in [5, 5.41) is 12.0. The molecule has 9 nitrogen and oxygen atoms in total. The first-order valence-corrected chi connectivity index (χ1v) is 12.6. The Bertz CT molecular complexity index is 1620. The van der Waals surface area contributed by atoms with Gasteiger partial charge in [-0.2, -0.15) is 0 Å². The lowest BCUT2D eigenvalue weighted by molar-refractivity contribution is -0.132. The standard InChI is InChI=1S/C27H22ClN3O6S/c1-13-9-17-21(12-18(13)35-2)38-27(30-17)31-23(16-7-5-6-8-29-16)22(25(33)26(31)34)24(32)14-10-20(37-4)15(28)11-19(14)36-3/h5-12,23,32H,1-4H3/b24-22+. The highest BCUT2D eigenvalue weighted by atomic mass is 35.5. The van der Waals surface area contributed by atoms with Crippen LogP contribution in [0.1, 0.15) is 22.9 Å². The number of anilines is 1. The molecule has 1 N–H and O–H groups in total. The van der Waals surface area contributed by atoms with E-state index >= 15 is 0 Å². The first kappa shape index (κ1) is 25.5. The van der Waals surface area contributed by atoms with Gasteiger partial charge in [-0.25, -0.2) is 4.98 Å². The van der Waals surface area contributed by atoms with Crippen molar-refractivity contribution < 1.29 is 28.9 Å². The predicted octanol–water partition coefficient (Wildman–Crippen LogP) is 5.31. The van der Waals surface area contributed by atoms with E-state index in [2.05, 4.69) is 9.97 Å². The number of methoxy groups -OCH3 is 3. The van der Waals surface area contributed by atoms with Crippen LogP contribution in [0.3, 0.4) is 0 Å². The summed E-state index contributed by atoms with van der Waals surface area (Å²) in [5.74, 6) is -1.05. The summed E-state index contributed by atoms with van der Waals surface area (Å²) in [5.41, 5.74) is 1.88. The molecule has 0 radical (unpaired) electrons. The van der Waals surface area contributed by atoms with Crippen molar-refractivity contribution in [1.29, 1.82) is 0 Å². The number of Topliss-reactive ketones (excluding diaryl/α,β-unsaturated/α-hetero) is 1. The number of thiazole rings is 1. The van der Waals surface area contributed by atoms with Crippen molar-refractivity contribution in [3.63, 3.8) is 0 Å². The molecule has 1 fully saturated rings. The zero-order valence-corrected chi connectivity index (χ0v) is 22.4. The molecule has 5 rings (SSSR count). The fraction of sp³-hybridized carbons (Fsp3) is 0.185. The van der Waals surface area contributed by atoms with Crippen molar-refractivity contribution in [2.75, 3.05) is 26.2 Å². The van der Waals surface area contributed by atoms with Crippen molar-refractivity contribution in [3.8, 4) is 17.2 Å². The molecule has 2 aromatic heterocycles. The van der Waals surface area contributed by atoms with Crippen LogP contribution in [0.5, 0.6) is 17.2 Å². The fourth-order valence-corrected chi connectivity index (χ4v) is 5.64. The number of pyridine rings is 1. The molecule has 3 heterocycles. The maximum Gasteiger partial charge on any atom is 0.301 e. The SMILES string of the molecule is COc1cc2sc(N3C(=O)C(=O)/C(=C(/O)c4cc(OC)c(Cl)cc4OC)C3c3ccccn3)nc2cc1C. The van der Waals surface area contributed by atoms with Gasteiger partial charge in [-0.3, -0.25) is 19.5 Å². The summed E-state index contributed by atoms with van der Waals surface area (Å²) < 4.78 is 16.9. The number of rotatable bonds is 6.